The smallest absolute Gasteiger partial charge is 0.231 e. The molecule has 1 aromatic carbocycles. The van der Waals surface area contributed by atoms with Crippen LogP contribution in [-0.4, -0.2) is 53.2 Å². The molecule has 2 aliphatic rings. The van der Waals surface area contributed by atoms with Crippen molar-refractivity contribution in [3.63, 3.8) is 0 Å². The molecule has 1 fully saturated rings. The van der Waals surface area contributed by atoms with E-state index in [1.165, 1.54) is 19.3 Å². The van der Waals surface area contributed by atoms with Crippen molar-refractivity contribution in [1.82, 2.24) is 10.6 Å². The second-order valence-electron chi connectivity index (χ2n) is 6.81. The Morgan fingerprint density at radius 1 is 1.19 bits per heavy atom. The molecule has 26 heavy (non-hydrogen) atoms. The fourth-order valence-corrected chi connectivity index (χ4v) is 3.31. The number of benzene rings is 1. The Kier molecular flexibility index (Phi) is 6.44. The zero-order valence-corrected chi connectivity index (χ0v) is 15.7. The van der Waals surface area contributed by atoms with Crippen LogP contribution in [0, 0.1) is 5.41 Å². The molecule has 0 spiro atoms. The van der Waals surface area contributed by atoms with E-state index in [0.29, 0.717) is 18.6 Å². The maximum Gasteiger partial charge on any atom is 0.231 e. The average molecular weight is 363 g/mol. The summed E-state index contributed by atoms with van der Waals surface area (Å²) in [7, 11) is 3.55. The van der Waals surface area contributed by atoms with Crippen LogP contribution in [-0.2, 0) is 4.74 Å². The standard InChI is InChI=1S/C19H29N3O4/c1-20-18(22-13-19(6-3-7-19)8-10-23-2)21-9-11-24-15-4-5-16-17(12-15)26-14-25-16/h4-5,12H,3,6-11,13-14H2,1-2H3,(H2,20,21,22). The Hall–Kier alpha value is -2.15. The van der Waals surface area contributed by atoms with E-state index in [1.54, 1.807) is 14.2 Å². The first-order valence-corrected chi connectivity index (χ1v) is 9.21. The Morgan fingerprint density at radius 2 is 2.04 bits per heavy atom. The molecule has 0 unspecified atom stereocenters. The van der Waals surface area contributed by atoms with Crippen molar-refractivity contribution < 1.29 is 18.9 Å². The molecule has 7 nitrogen and oxygen atoms in total. The fraction of sp³-hybridized carbons (Fsp3) is 0.632. The molecule has 7 heteroatoms. The second kappa shape index (κ2) is 8.98. The molecule has 1 aliphatic heterocycles. The van der Waals surface area contributed by atoms with Gasteiger partial charge in [0.25, 0.3) is 0 Å². The molecule has 1 aliphatic carbocycles. The lowest BCUT2D eigenvalue weighted by atomic mass is 9.67. The molecule has 0 saturated heterocycles. The van der Waals surface area contributed by atoms with E-state index in [-0.39, 0.29) is 6.79 Å². The predicted octanol–water partition coefficient (Wildman–Crippen LogP) is 2.17. The topological polar surface area (TPSA) is 73.3 Å². The minimum Gasteiger partial charge on any atom is -0.492 e. The molecular weight excluding hydrogens is 334 g/mol. The highest BCUT2D eigenvalue weighted by molar-refractivity contribution is 5.79. The van der Waals surface area contributed by atoms with Gasteiger partial charge >= 0.3 is 0 Å². The van der Waals surface area contributed by atoms with E-state index in [0.717, 1.165) is 42.8 Å². The van der Waals surface area contributed by atoms with Crippen molar-refractivity contribution in [2.24, 2.45) is 10.4 Å². The zero-order chi connectivity index (χ0) is 18.2. The molecule has 144 valence electrons. The van der Waals surface area contributed by atoms with Gasteiger partial charge in [0.15, 0.2) is 17.5 Å². The third-order valence-electron chi connectivity index (χ3n) is 5.11. The molecular formula is C19H29N3O4. The molecule has 0 aromatic heterocycles. The molecule has 1 saturated carbocycles. The van der Waals surface area contributed by atoms with Gasteiger partial charge in [-0.15, -0.1) is 0 Å². The lowest BCUT2D eigenvalue weighted by Crippen LogP contribution is -2.47. The van der Waals surface area contributed by atoms with Gasteiger partial charge in [0, 0.05) is 33.4 Å². The summed E-state index contributed by atoms with van der Waals surface area (Å²) in [6.45, 7) is 3.22. The number of nitrogens with zero attached hydrogens (tertiary/aromatic N) is 1. The van der Waals surface area contributed by atoms with Crippen LogP contribution in [0.4, 0.5) is 0 Å². The molecule has 3 rings (SSSR count). The summed E-state index contributed by atoms with van der Waals surface area (Å²) in [5, 5.41) is 6.74. The third-order valence-corrected chi connectivity index (χ3v) is 5.11. The van der Waals surface area contributed by atoms with Crippen LogP contribution in [0.5, 0.6) is 17.2 Å². The normalized spacial score (nSPS) is 17.5. The third kappa shape index (κ3) is 4.72. The maximum absolute atomic E-state index is 5.76. The number of ether oxygens (including phenoxy) is 4. The highest BCUT2D eigenvalue weighted by Crippen LogP contribution is 2.43. The highest BCUT2D eigenvalue weighted by Gasteiger charge is 2.36. The molecule has 0 amide bonds. The monoisotopic (exact) mass is 363 g/mol. The maximum atomic E-state index is 5.76. The predicted molar refractivity (Wildman–Crippen MR) is 100 cm³/mol. The van der Waals surface area contributed by atoms with Gasteiger partial charge in [-0.1, -0.05) is 6.42 Å². The molecule has 0 radical (unpaired) electrons. The van der Waals surface area contributed by atoms with E-state index in [2.05, 4.69) is 15.6 Å². The summed E-state index contributed by atoms with van der Waals surface area (Å²) in [4.78, 5) is 4.29. The minimum absolute atomic E-state index is 0.272. The molecule has 1 aromatic rings. The van der Waals surface area contributed by atoms with Crippen molar-refractivity contribution in [2.45, 2.75) is 25.7 Å². The Morgan fingerprint density at radius 3 is 2.77 bits per heavy atom. The number of hydrogen-bond acceptors (Lipinski definition) is 5. The van der Waals surface area contributed by atoms with Crippen molar-refractivity contribution >= 4 is 5.96 Å². The van der Waals surface area contributed by atoms with Crippen molar-refractivity contribution in [2.75, 3.05) is 47.3 Å². The minimum atomic E-state index is 0.272. The fourth-order valence-electron chi connectivity index (χ4n) is 3.31. The van der Waals surface area contributed by atoms with Crippen LogP contribution >= 0.6 is 0 Å². The van der Waals surface area contributed by atoms with E-state index in [9.17, 15) is 0 Å². The summed E-state index contributed by atoms with van der Waals surface area (Å²) < 4.78 is 21.7. The SMILES string of the molecule is CN=C(NCCOc1ccc2c(c1)OCO2)NCC1(CCOC)CCC1. The first-order chi connectivity index (χ1) is 12.7. The average Bonchev–Trinajstić information content (AvgIpc) is 3.10. The summed E-state index contributed by atoms with van der Waals surface area (Å²) in [5.74, 6) is 3.07. The number of fused-ring (bicyclic) bond motifs is 1. The zero-order valence-electron chi connectivity index (χ0n) is 15.7. The number of guanidine groups is 1. The lowest BCUT2D eigenvalue weighted by Gasteiger charge is -2.42. The number of rotatable bonds is 9. The first kappa shape index (κ1) is 18.6. The van der Waals surface area contributed by atoms with Crippen LogP contribution in [0.2, 0.25) is 0 Å². The van der Waals surface area contributed by atoms with Crippen molar-refractivity contribution in [3.05, 3.63) is 18.2 Å². The van der Waals surface area contributed by atoms with E-state index < -0.39 is 0 Å². The summed E-state index contributed by atoms with van der Waals surface area (Å²) in [6, 6.07) is 5.60. The molecule has 1 heterocycles. The van der Waals surface area contributed by atoms with Crippen LogP contribution in [0.25, 0.3) is 0 Å². The molecule has 0 bridgehead atoms. The van der Waals surface area contributed by atoms with Crippen LogP contribution in [0.3, 0.4) is 0 Å². The Bertz CT molecular complexity index is 617. The quantitative estimate of drug-likeness (QED) is 0.398. The summed E-state index contributed by atoms with van der Waals surface area (Å²) in [6.07, 6.45) is 4.92. The van der Waals surface area contributed by atoms with Gasteiger partial charge in [-0.25, -0.2) is 0 Å². The van der Waals surface area contributed by atoms with E-state index in [4.69, 9.17) is 18.9 Å². The van der Waals surface area contributed by atoms with Crippen LogP contribution in [0.1, 0.15) is 25.7 Å². The summed E-state index contributed by atoms with van der Waals surface area (Å²) in [5.41, 5.74) is 0.358. The molecule has 0 atom stereocenters. The summed E-state index contributed by atoms with van der Waals surface area (Å²) >= 11 is 0. The van der Waals surface area contributed by atoms with Gasteiger partial charge < -0.3 is 29.6 Å². The largest absolute Gasteiger partial charge is 0.492 e. The van der Waals surface area contributed by atoms with Gasteiger partial charge in [0.05, 0.1) is 6.54 Å². The highest BCUT2D eigenvalue weighted by atomic mass is 16.7. The lowest BCUT2D eigenvalue weighted by molar-refractivity contribution is 0.0732. The van der Waals surface area contributed by atoms with Crippen LogP contribution in [0.15, 0.2) is 23.2 Å². The first-order valence-electron chi connectivity index (χ1n) is 9.21. The Labute approximate surface area is 155 Å². The van der Waals surface area contributed by atoms with Gasteiger partial charge in [0.1, 0.15) is 12.4 Å². The van der Waals surface area contributed by atoms with Gasteiger partial charge in [-0.05, 0) is 36.8 Å². The van der Waals surface area contributed by atoms with Crippen molar-refractivity contribution in [3.8, 4) is 17.2 Å². The van der Waals surface area contributed by atoms with Crippen LogP contribution < -0.4 is 24.8 Å². The van der Waals surface area contributed by atoms with Gasteiger partial charge in [0.2, 0.25) is 6.79 Å². The molecule has 2 N–H and O–H groups in total. The number of methoxy groups -OCH3 is 1. The van der Waals surface area contributed by atoms with Gasteiger partial charge in [-0.2, -0.15) is 0 Å². The number of aliphatic imine (C=N–C) groups is 1. The van der Waals surface area contributed by atoms with E-state index >= 15 is 0 Å². The number of nitrogens with one attached hydrogen (secondary N) is 2. The Balaban J connectivity index is 1.36. The second-order valence-corrected chi connectivity index (χ2v) is 6.81. The van der Waals surface area contributed by atoms with Gasteiger partial charge in [-0.3, -0.25) is 4.99 Å². The number of hydrogen-bond donors (Lipinski definition) is 2. The van der Waals surface area contributed by atoms with E-state index in [1.807, 2.05) is 18.2 Å². The van der Waals surface area contributed by atoms with Crippen molar-refractivity contribution in [1.29, 1.82) is 0 Å².